The highest BCUT2D eigenvalue weighted by Crippen LogP contribution is 2.36. The fourth-order valence-electron chi connectivity index (χ4n) is 0.396. The molecule has 0 saturated heterocycles. The highest BCUT2D eigenvalue weighted by molar-refractivity contribution is 8.20. The maximum absolute atomic E-state index is 10.6. The first-order valence-corrected chi connectivity index (χ1v) is 4.22. The fourth-order valence-corrected chi connectivity index (χ4v) is 2.43. The highest BCUT2D eigenvalue weighted by atomic mass is 35.5. The first-order valence-electron chi connectivity index (χ1n) is 2.21. The quantitative estimate of drug-likeness (QED) is 0.626. The molecule has 0 aromatic heterocycles. The maximum atomic E-state index is 10.6. The molecular formula is C4H4ClNOS2. The zero-order valence-corrected chi connectivity index (χ0v) is 6.99. The molecule has 1 aliphatic rings. The number of carbonyl (C=O) groups is 1. The second-order valence-electron chi connectivity index (χ2n) is 1.45. The monoisotopic (exact) mass is 181 g/mol. The van der Waals surface area contributed by atoms with Crippen LogP contribution in [0.4, 0.5) is 0 Å². The molecule has 50 valence electrons. The van der Waals surface area contributed by atoms with Crippen LogP contribution in [0.15, 0.2) is 9.27 Å². The third-order valence-electron chi connectivity index (χ3n) is 0.773. The average molecular weight is 182 g/mol. The third-order valence-corrected chi connectivity index (χ3v) is 3.18. The second-order valence-corrected chi connectivity index (χ2v) is 3.94. The number of allylic oxidation sites excluding steroid dienone is 1. The van der Waals surface area contributed by atoms with E-state index in [-0.39, 0.29) is 5.78 Å². The fraction of sp³-hybridized carbons (Fsp3) is 0.250. The van der Waals surface area contributed by atoms with Crippen LogP contribution in [0.3, 0.4) is 0 Å². The van der Waals surface area contributed by atoms with Crippen molar-refractivity contribution in [2.75, 3.05) is 0 Å². The van der Waals surface area contributed by atoms with Crippen molar-refractivity contribution >= 4 is 41.3 Å². The largest absolute Gasteiger partial charge is 0.294 e. The molecule has 1 aliphatic heterocycles. The van der Waals surface area contributed by atoms with Crippen LogP contribution < -0.4 is 4.13 Å². The van der Waals surface area contributed by atoms with Gasteiger partial charge in [-0.15, -0.1) is 0 Å². The number of halogens is 1. The van der Waals surface area contributed by atoms with E-state index in [4.69, 9.17) is 11.6 Å². The Hall–Kier alpha value is 0.360. The molecule has 9 heavy (non-hydrogen) atoms. The van der Waals surface area contributed by atoms with E-state index in [9.17, 15) is 4.79 Å². The van der Waals surface area contributed by atoms with Crippen molar-refractivity contribution in [2.45, 2.75) is 6.92 Å². The van der Waals surface area contributed by atoms with Gasteiger partial charge in [-0.2, -0.15) is 4.13 Å². The van der Waals surface area contributed by atoms with Crippen molar-refractivity contribution in [3.05, 3.63) is 9.27 Å². The Morgan fingerprint density at radius 1 is 1.67 bits per heavy atom. The van der Waals surface area contributed by atoms with Gasteiger partial charge in [0.25, 0.3) is 0 Å². The standard InChI is InChI=1S/C4H4ClNOS2/c1-2(7)3-4(5)9-6-8-3/h6H,1H3. The minimum Gasteiger partial charge on any atom is -0.294 e. The van der Waals surface area contributed by atoms with E-state index in [2.05, 4.69) is 4.13 Å². The topological polar surface area (TPSA) is 29.1 Å². The minimum atomic E-state index is 0.0162. The summed E-state index contributed by atoms with van der Waals surface area (Å²) in [6.07, 6.45) is 0. The number of nitrogens with one attached hydrogen (secondary N) is 1. The van der Waals surface area contributed by atoms with Gasteiger partial charge in [0.2, 0.25) is 0 Å². The van der Waals surface area contributed by atoms with Crippen molar-refractivity contribution < 1.29 is 4.79 Å². The molecule has 0 saturated carbocycles. The first kappa shape index (κ1) is 7.47. The second kappa shape index (κ2) is 2.96. The number of rotatable bonds is 1. The summed E-state index contributed by atoms with van der Waals surface area (Å²) in [6.45, 7) is 1.50. The van der Waals surface area contributed by atoms with Gasteiger partial charge in [0.05, 0.1) is 4.91 Å². The summed E-state index contributed by atoms with van der Waals surface area (Å²) >= 11 is 8.15. The van der Waals surface area contributed by atoms with E-state index in [0.29, 0.717) is 9.27 Å². The molecule has 0 aliphatic carbocycles. The smallest absolute Gasteiger partial charge is 0.169 e. The van der Waals surface area contributed by atoms with E-state index < -0.39 is 0 Å². The molecule has 0 amide bonds. The number of ketones is 1. The van der Waals surface area contributed by atoms with Crippen molar-refractivity contribution in [3.63, 3.8) is 0 Å². The summed E-state index contributed by atoms with van der Waals surface area (Å²) in [5.74, 6) is 0.0162. The molecule has 0 fully saturated rings. The Bertz CT molecular complexity index is 179. The van der Waals surface area contributed by atoms with Gasteiger partial charge in [-0.05, 0) is 30.8 Å². The Morgan fingerprint density at radius 3 is 2.56 bits per heavy atom. The molecule has 0 spiro atoms. The molecule has 0 aromatic carbocycles. The van der Waals surface area contributed by atoms with Gasteiger partial charge in [-0.3, -0.25) is 4.79 Å². The predicted molar refractivity (Wildman–Crippen MR) is 41.9 cm³/mol. The van der Waals surface area contributed by atoms with E-state index in [0.717, 1.165) is 0 Å². The molecule has 0 atom stereocenters. The molecule has 0 radical (unpaired) electrons. The highest BCUT2D eigenvalue weighted by Gasteiger charge is 2.17. The van der Waals surface area contributed by atoms with Gasteiger partial charge < -0.3 is 0 Å². The lowest BCUT2D eigenvalue weighted by molar-refractivity contribution is -0.112. The molecule has 1 heterocycles. The van der Waals surface area contributed by atoms with E-state index in [1.54, 1.807) is 0 Å². The lowest BCUT2D eigenvalue weighted by Crippen LogP contribution is -1.90. The zero-order chi connectivity index (χ0) is 6.85. The number of hydrogen-bond acceptors (Lipinski definition) is 4. The molecule has 0 unspecified atom stereocenters. The Balaban J connectivity index is 2.78. The minimum absolute atomic E-state index is 0.0162. The van der Waals surface area contributed by atoms with Crippen LogP contribution in [0.25, 0.3) is 0 Å². The molecule has 0 bridgehead atoms. The van der Waals surface area contributed by atoms with Gasteiger partial charge in [-0.25, -0.2) is 0 Å². The molecule has 2 nitrogen and oxygen atoms in total. The van der Waals surface area contributed by atoms with Gasteiger partial charge in [0, 0.05) is 0 Å². The van der Waals surface area contributed by atoms with Gasteiger partial charge in [0.15, 0.2) is 5.78 Å². The van der Waals surface area contributed by atoms with E-state index in [1.165, 1.54) is 30.8 Å². The molecule has 1 rings (SSSR count). The summed E-state index contributed by atoms with van der Waals surface area (Å²) in [5, 5.41) is 0. The SMILES string of the molecule is CC(=O)C1=C(Cl)SNS1. The van der Waals surface area contributed by atoms with Crippen molar-refractivity contribution in [3.8, 4) is 0 Å². The van der Waals surface area contributed by atoms with Crippen LogP contribution in [0.1, 0.15) is 6.92 Å². The lowest BCUT2D eigenvalue weighted by atomic mass is 10.4. The van der Waals surface area contributed by atoms with Crippen LogP contribution in [0.5, 0.6) is 0 Å². The van der Waals surface area contributed by atoms with Crippen LogP contribution in [0, 0.1) is 0 Å². The Labute approximate surface area is 66.7 Å². The predicted octanol–water partition coefficient (Wildman–Crippen LogP) is 1.88. The first-order chi connectivity index (χ1) is 4.22. The van der Waals surface area contributed by atoms with E-state index >= 15 is 0 Å². The van der Waals surface area contributed by atoms with Crippen molar-refractivity contribution in [1.82, 2.24) is 4.13 Å². The van der Waals surface area contributed by atoms with Crippen molar-refractivity contribution in [2.24, 2.45) is 0 Å². The molecule has 5 heteroatoms. The van der Waals surface area contributed by atoms with Crippen molar-refractivity contribution in [1.29, 1.82) is 0 Å². The van der Waals surface area contributed by atoms with Gasteiger partial charge in [0.1, 0.15) is 4.36 Å². The van der Waals surface area contributed by atoms with Crippen LogP contribution in [-0.4, -0.2) is 5.78 Å². The summed E-state index contributed by atoms with van der Waals surface area (Å²) < 4.78 is 3.36. The average Bonchev–Trinajstić information content (AvgIpc) is 2.13. The molecule has 0 aromatic rings. The summed E-state index contributed by atoms with van der Waals surface area (Å²) in [6, 6.07) is 0. The third kappa shape index (κ3) is 1.64. The molecular weight excluding hydrogens is 178 g/mol. The summed E-state index contributed by atoms with van der Waals surface area (Å²) in [7, 11) is 0. The van der Waals surface area contributed by atoms with Gasteiger partial charge >= 0.3 is 0 Å². The Morgan fingerprint density at radius 2 is 2.33 bits per heavy atom. The normalized spacial score (nSPS) is 18.9. The van der Waals surface area contributed by atoms with Gasteiger partial charge in [-0.1, -0.05) is 11.6 Å². The maximum Gasteiger partial charge on any atom is 0.169 e. The molecule has 1 N–H and O–H groups in total. The van der Waals surface area contributed by atoms with Crippen LogP contribution in [-0.2, 0) is 4.79 Å². The number of Topliss-reactive ketones (excluding diaryl/α,β-unsaturated/α-hetero) is 1. The summed E-state index contributed by atoms with van der Waals surface area (Å²) in [4.78, 5) is 11.3. The van der Waals surface area contributed by atoms with E-state index in [1.807, 2.05) is 0 Å². The van der Waals surface area contributed by atoms with Crippen LogP contribution in [0.2, 0.25) is 0 Å². The number of hydrogen-bond donors (Lipinski definition) is 1. The lowest BCUT2D eigenvalue weighted by Gasteiger charge is -1.88. The zero-order valence-electron chi connectivity index (χ0n) is 4.60. The number of carbonyl (C=O) groups excluding carboxylic acids is 1. The van der Waals surface area contributed by atoms with Crippen LogP contribution >= 0.6 is 35.5 Å². The summed E-state index contributed by atoms with van der Waals surface area (Å²) in [5.41, 5.74) is 0. The Kier molecular flexibility index (Phi) is 2.46.